The van der Waals surface area contributed by atoms with E-state index in [-0.39, 0.29) is 41.9 Å². The number of aliphatic hydroxyl groups excluding tert-OH is 1. The maximum Gasteiger partial charge on any atom is 0.261 e. The van der Waals surface area contributed by atoms with E-state index in [4.69, 9.17) is 9.47 Å². The fourth-order valence-corrected chi connectivity index (χ4v) is 6.92. The average Bonchev–Trinajstić information content (AvgIpc) is 3.00. The van der Waals surface area contributed by atoms with Gasteiger partial charge in [-0.2, -0.15) is 0 Å². The number of methoxy groups -OCH3 is 1. The lowest BCUT2D eigenvalue weighted by Gasteiger charge is -2.35. The van der Waals surface area contributed by atoms with Gasteiger partial charge in [-0.3, -0.25) is 9.52 Å². The van der Waals surface area contributed by atoms with Crippen LogP contribution in [0.5, 0.6) is 11.5 Å². The summed E-state index contributed by atoms with van der Waals surface area (Å²) in [5.41, 5.74) is 0.949. The first-order valence-electron chi connectivity index (χ1n) is 14.6. The van der Waals surface area contributed by atoms with Gasteiger partial charge in [-0.1, -0.05) is 26.2 Å². The molecule has 1 aliphatic heterocycles. The highest BCUT2D eigenvalue weighted by molar-refractivity contribution is 7.92. The molecule has 9 nitrogen and oxygen atoms in total. The fourth-order valence-electron chi connectivity index (χ4n) is 5.87. The molecular weight excluding hydrogens is 542 g/mol. The molecule has 2 aromatic carbocycles. The number of aliphatic hydroxyl groups is 1. The van der Waals surface area contributed by atoms with Gasteiger partial charge in [-0.15, -0.1) is 0 Å². The molecule has 1 aliphatic carbocycles. The van der Waals surface area contributed by atoms with Crippen molar-refractivity contribution in [3.8, 4) is 11.5 Å². The standard InChI is InChI=1S/C31H45N3O6S/c1-22-18-34(23(2)21-35)31(36)17-25-16-26(32-41(37,38)28-13-11-27(39-4)12-14-28)10-15-29(25)40-30(22)20-33(3)19-24-8-6-5-7-9-24/h10-16,22-24,30,32,35H,5-9,17-21H2,1-4H3/t22-,23+,30-/m0/s1. The minimum absolute atomic E-state index is 0.0148. The summed E-state index contributed by atoms with van der Waals surface area (Å²) >= 11 is 0. The van der Waals surface area contributed by atoms with Crippen molar-refractivity contribution in [1.29, 1.82) is 0 Å². The Bertz CT molecular complexity index is 1260. The Kier molecular flexibility index (Phi) is 10.5. The van der Waals surface area contributed by atoms with Crippen LogP contribution in [0.25, 0.3) is 0 Å². The van der Waals surface area contributed by atoms with Crippen LogP contribution in [0.3, 0.4) is 0 Å². The zero-order chi connectivity index (χ0) is 29.6. The summed E-state index contributed by atoms with van der Waals surface area (Å²) in [5, 5.41) is 9.91. The number of rotatable bonds is 10. The Morgan fingerprint density at radius 2 is 1.83 bits per heavy atom. The van der Waals surface area contributed by atoms with E-state index in [1.807, 2.05) is 6.92 Å². The minimum atomic E-state index is -3.86. The second-order valence-corrected chi connectivity index (χ2v) is 13.4. The molecule has 226 valence electrons. The second-order valence-electron chi connectivity index (χ2n) is 11.7. The number of carbonyl (C=O) groups is 1. The molecule has 41 heavy (non-hydrogen) atoms. The number of carbonyl (C=O) groups excluding carboxylic acids is 1. The Morgan fingerprint density at radius 3 is 2.49 bits per heavy atom. The van der Waals surface area contributed by atoms with Crippen molar-refractivity contribution in [2.45, 2.75) is 69.4 Å². The molecule has 4 rings (SSSR count). The maximum absolute atomic E-state index is 13.5. The van der Waals surface area contributed by atoms with Gasteiger partial charge in [0.2, 0.25) is 5.91 Å². The van der Waals surface area contributed by atoms with Crippen LogP contribution in [0.2, 0.25) is 0 Å². The smallest absolute Gasteiger partial charge is 0.261 e. The molecule has 2 aromatic rings. The number of likely N-dealkylation sites (N-methyl/N-ethyl adjacent to an activating group) is 1. The van der Waals surface area contributed by atoms with Crippen molar-refractivity contribution >= 4 is 21.6 Å². The zero-order valence-corrected chi connectivity index (χ0v) is 25.5. The van der Waals surface area contributed by atoms with Gasteiger partial charge in [0, 0.05) is 36.8 Å². The Balaban J connectivity index is 1.59. The highest BCUT2D eigenvalue weighted by atomic mass is 32.2. The van der Waals surface area contributed by atoms with Crippen LogP contribution in [0.15, 0.2) is 47.4 Å². The third-order valence-electron chi connectivity index (χ3n) is 8.32. The number of amides is 1. The molecule has 10 heteroatoms. The van der Waals surface area contributed by atoms with Crippen LogP contribution in [-0.4, -0.2) is 81.8 Å². The van der Waals surface area contributed by atoms with E-state index >= 15 is 0 Å². The third kappa shape index (κ3) is 8.14. The van der Waals surface area contributed by atoms with Gasteiger partial charge in [0.05, 0.1) is 31.1 Å². The molecule has 0 aromatic heterocycles. The predicted octanol–water partition coefficient (Wildman–Crippen LogP) is 4.16. The average molecular weight is 588 g/mol. The van der Waals surface area contributed by atoms with Gasteiger partial charge in [0.1, 0.15) is 17.6 Å². The Hall–Kier alpha value is -2.82. The van der Waals surface area contributed by atoms with Crippen molar-refractivity contribution in [1.82, 2.24) is 9.80 Å². The molecule has 2 aliphatic rings. The number of sulfonamides is 1. The van der Waals surface area contributed by atoms with Gasteiger partial charge < -0.3 is 24.4 Å². The molecule has 0 saturated heterocycles. The number of hydrogen-bond acceptors (Lipinski definition) is 7. The SMILES string of the molecule is COc1ccc(S(=O)(=O)Nc2ccc3c(c2)CC(=O)N([C@H](C)CO)C[C@H](C)[C@H](CN(C)CC2CCCCC2)O3)cc1. The molecule has 0 radical (unpaired) electrons. The predicted molar refractivity (Wildman–Crippen MR) is 160 cm³/mol. The van der Waals surface area contributed by atoms with Crippen molar-refractivity contribution in [3.05, 3.63) is 48.0 Å². The first kappa shape index (κ1) is 31.1. The topological polar surface area (TPSA) is 108 Å². The lowest BCUT2D eigenvalue weighted by atomic mass is 9.89. The van der Waals surface area contributed by atoms with E-state index in [2.05, 4.69) is 23.6 Å². The number of benzene rings is 2. The molecule has 3 atom stereocenters. The van der Waals surface area contributed by atoms with Crippen LogP contribution in [-0.2, 0) is 21.2 Å². The van der Waals surface area contributed by atoms with Gasteiger partial charge >= 0.3 is 0 Å². The third-order valence-corrected chi connectivity index (χ3v) is 9.72. The van der Waals surface area contributed by atoms with Crippen molar-refractivity contribution in [2.24, 2.45) is 11.8 Å². The molecular formula is C31H45N3O6S. The van der Waals surface area contributed by atoms with Gasteiger partial charge in [0.15, 0.2) is 0 Å². The summed E-state index contributed by atoms with van der Waals surface area (Å²) in [6.07, 6.45) is 6.29. The zero-order valence-electron chi connectivity index (χ0n) is 24.7. The molecule has 1 fully saturated rings. The highest BCUT2D eigenvalue weighted by Crippen LogP contribution is 2.31. The molecule has 1 heterocycles. The molecule has 1 amide bonds. The maximum atomic E-state index is 13.5. The summed E-state index contributed by atoms with van der Waals surface area (Å²) in [6, 6.07) is 10.9. The molecule has 2 N–H and O–H groups in total. The van der Waals surface area contributed by atoms with Crippen LogP contribution >= 0.6 is 0 Å². The summed E-state index contributed by atoms with van der Waals surface area (Å²) in [7, 11) is -0.206. The first-order chi connectivity index (χ1) is 19.6. The number of hydrogen-bond donors (Lipinski definition) is 2. The van der Waals surface area contributed by atoms with Crippen LogP contribution in [0.1, 0.15) is 51.5 Å². The first-order valence-corrected chi connectivity index (χ1v) is 16.1. The number of anilines is 1. The van der Waals surface area contributed by atoms with Gasteiger partial charge in [-0.25, -0.2) is 8.42 Å². The monoisotopic (exact) mass is 587 g/mol. The van der Waals surface area contributed by atoms with E-state index in [9.17, 15) is 18.3 Å². The minimum Gasteiger partial charge on any atom is -0.497 e. The summed E-state index contributed by atoms with van der Waals surface area (Å²) < 4.78 is 40.5. The number of nitrogens with one attached hydrogen (secondary N) is 1. The largest absolute Gasteiger partial charge is 0.497 e. The number of ether oxygens (including phenoxy) is 2. The lowest BCUT2D eigenvalue weighted by Crippen LogP contribution is -2.48. The van der Waals surface area contributed by atoms with Gasteiger partial charge in [-0.05, 0) is 75.2 Å². The van der Waals surface area contributed by atoms with E-state index in [1.165, 1.54) is 51.3 Å². The highest BCUT2D eigenvalue weighted by Gasteiger charge is 2.31. The van der Waals surface area contributed by atoms with Crippen LogP contribution in [0, 0.1) is 11.8 Å². The molecule has 1 saturated carbocycles. The van der Waals surface area contributed by atoms with Crippen LogP contribution in [0.4, 0.5) is 5.69 Å². The van der Waals surface area contributed by atoms with Crippen molar-refractivity contribution in [3.63, 3.8) is 0 Å². The number of fused-ring (bicyclic) bond motifs is 1. The lowest BCUT2D eigenvalue weighted by molar-refractivity contribution is -0.134. The number of nitrogens with zero attached hydrogens (tertiary/aromatic N) is 2. The molecule has 0 bridgehead atoms. The summed E-state index contributed by atoms with van der Waals surface area (Å²) in [6.45, 7) is 5.98. The molecule has 0 unspecified atom stereocenters. The summed E-state index contributed by atoms with van der Waals surface area (Å²) in [4.78, 5) is 17.7. The van der Waals surface area contributed by atoms with E-state index < -0.39 is 10.0 Å². The fraction of sp³-hybridized carbons (Fsp3) is 0.581. The Labute approximate surface area is 244 Å². The molecule has 0 spiro atoms. The second kappa shape index (κ2) is 13.9. The van der Waals surface area contributed by atoms with E-state index in [0.717, 1.165) is 6.54 Å². The van der Waals surface area contributed by atoms with Crippen LogP contribution < -0.4 is 14.2 Å². The van der Waals surface area contributed by atoms with E-state index in [1.54, 1.807) is 35.2 Å². The summed E-state index contributed by atoms with van der Waals surface area (Å²) in [5.74, 6) is 1.72. The van der Waals surface area contributed by atoms with Crippen molar-refractivity contribution in [2.75, 3.05) is 45.1 Å². The van der Waals surface area contributed by atoms with E-state index in [0.29, 0.717) is 41.8 Å². The van der Waals surface area contributed by atoms with Gasteiger partial charge in [0.25, 0.3) is 10.0 Å². The normalized spacial score (nSPS) is 21.3. The quantitative estimate of drug-likeness (QED) is 0.430. The Morgan fingerprint density at radius 1 is 1.12 bits per heavy atom. The van der Waals surface area contributed by atoms with Crippen molar-refractivity contribution < 1.29 is 27.8 Å².